The molecule has 5 nitrogen and oxygen atoms in total. The smallest absolute Gasteiger partial charge is 0.346 e. The highest BCUT2D eigenvalue weighted by atomic mass is 35.5. The molecule has 0 unspecified atom stereocenters. The molecule has 3 N–H and O–H groups in total. The molecule has 2 amide bonds. The van der Waals surface area contributed by atoms with Crippen molar-refractivity contribution in [3.63, 3.8) is 0 Å². The molecule has 0 aromatic carbocycles. The van der Waals surface area contributed by atoms with Crippen LogP contribution in [0.4, 0.5) is 13.2 Å². The summed E-state index contributed by atoms with van der Waals surface area (Å²) in [4.78, 5) is 22.1. The highest BCUT2D eigenvalue weighted by Crippen LogP contribution is 2.27. The van der Waals surface area contributed by atoms with Crippen molar-refractivity contribution in [1.29, 1.82) is 0 Å². The average molecular weight is 304 g/mol. The Kier molecular flexibility index (Phi) is 7.77. The van der Waals surface area contributed by atoms with Gasteiger partial charge in [0.2, 0.25) is 11.8 Å². The van der Waals surface area contributed by atoms with E-state index in [4.69, 9.17) is 0 Å². The highest BCUT2D eigenvalue weighted by molar-refractivity contribution is 5.85. The SMILES string of the molecule is Cl.O=C(CNCC1CC1)NCC(=O)NCC(F)(F)F. The van der Waals surface area contributed by atoms with Crippen LogP contribution in [0.1, 0.15) is 12.8 Å². The van der Waals surface area contributed by atoms with Crippen LogP contribution in [-0.4, -0.2) is 44.2 Å². The van der Waals surface area contributed by atoms with Crippen LogP contribution in [0.3, 0.4) is 0 Å². The zero-order chi connectivity index (χ0) is 13.6. The lowest BCUT2D eigenvalue weighted by molar-refractivity contribution is -0.138. The third kappa shape index (κ3) is 10.6. The van der Waals surface area contributed by atoms with E-state index in [2.05, 4.69) is 10.6 Å². The summed E-state index contributed by atoms with van der Waals surface area (Å²) in [6.07, 6.45) is -2.12. The van der Waals surface area contributed by atoms with Crippen molar-refractivity contribution in [2.45, 2.75) is 19.0 Å². The van der Waals surface area contributed by atoms with Crippen LogP contribution in [-0.2, 0) is 9.59 Å². The Morgan fingerprint density at radius 3 is 2.16 bits per heavy atom. The predicted molar refractivity (Wildman–Crippen MR) is 64.9 cm³/mol. The van der Waals surface area contributed by atoms with Gasteiger partial charge in [0.05, 0.1) is 13.1 Å². The Labute approximate surface area is 115 Å². The van der Waals surface area contributed by atoms with Crippen molar-refractivity contribution in [1.82, 2.24) is 16.0 Å². The molecule has 0 bridgehead atoms. The van der Waals surface area contributed by atoms with Crippen molar-refractivity contribution in [2.24, 2.45) is 5.92 Å². The van der Waals surface area contributed by atoms with Gasteiger partial charge in [0.15, 0.2) is 0 Å². The molecule has 0 radical (unpaired) electrons. The number of carbonyl (C=O) groups is 2. The monoisotopic (exact) mass is 303 g/mol. The standard InChI is InChI=1S/C10H16F3N3O2.ClH/c11-10(12,13)6-16-9(18)5-15-8(17)4-14-3-7-1-2-7;/h7,14H,1-6H2,(H,15,17)(H,16,18);1H. The van der Waals surface area contributed by atoms with E-state index < -0.39 is 31.1 Å². The van der Waals surface area contributed by atoms with Crippen LogP contribution in [0, 0.1) is 5.92 Å². The molecule has 0 saturated heterocycles. The topological polar surface area (TPSA) is 70.2 Å². The molecule has 0 atom stereocenters. The Morgan fingerprint density at radius 1 is 1.05 bits per heavy atom. The van der Waals surface area contributed by atoms with E-state index in [1.807, 2.05) is 0 Å². The molecule has 112 valence electrons. The minimum Gasteiger partial charge on any atom is -0.346 e. The Morgan fingerprint density at radius 2 is 1.63 bits per heavy atom. The minimum atomic E-state index is -4.44. The molecule has 9 heteroatoms. The van der Waals surface area contributed by atoms with Gasteiger partial charge in [-0.25, -0.2) is 0 Å². The number of rotatable bonds is 7. The molecule has 0 aromatic rings. The molecule has 1 aliphatic rings. The second kappa shape index (κ2) is 8.21. The largest absolute Gasteiger partial charge is 0.405 e. The number of nitrogens with one attached hydrogen (secondary N) is 3. The van der Waals surface area contributed by atoms with Gasteiger partial charge in [-0.15, -0.1) is 12.4 Å². The van der Waals surface area contributed by atoms with E-state index in [1.165, 1.54) is 0 Å². The average Bonchev–Trinajstić information content (AvgIpc) is 3.06. The van der Waals surface area contributed by atoms with Crippen molar-refractivity contribution < 1.29 is 22.8 Å². The van der Waals surface area contributed by atoms with Crippen molar-refractivity contribution in [3.8, 4) is 0 Å². The lowest BCUT2D eigenvalue weighted by Gasteiger charge is -2.09. The Hall–Kier alpha value is -1.02. The van der Waals surface area contributed by atoms with Crippen LogP contribution in [0.2, 0.25) is 0 Å². The van der Waals surface area contributed by atoms with E-state index in [0.717, 1.165) is 19.4 Å². The summed E-state index contributed by atoms with van der Waals surface area (Å²) >= 11 is 0. The molecule has 1 aliphatic carbocycles. The maximum atomic E-state index is 11.8. The van der Waals surface area contributed by atoms with Crippen LogP contribution in [0.15, 0.2) is 0 Å². The maximum Gasteiger partial charge on any atom is 0.405 e. The molecule has 0 heterocycles. The third-order valence-corrected chi connectivity index (χ3v) is 2.35. The summed E-state index contributed by atoms with van der Waals surface area (Å²) in [7, 11) is 0. The first-order chi connectivity index (χ1) is 8.37. The lowest BCUT2D eigenvalue weighted by atomic mass is 10.4. The number of halogens is 4. The molecule has 0 aliphatic heterocycles. The minimum absolute atomic E-state index is 0. The first kappa shape index (κ1) is 18.0. The van der Waals surface area contributed by atoms with Gasteiger partial charge in [-0.3, -0.25) is 9.59 Å². The quantitative estimate of drug-likeness (QED) is 0.629. The number of hydrogen-bond donors (Lipinski definition) is 3. The molecular weight excluding hydrogens is 287 g/mol. The normalized spacial score (nSPS) is 14.5. The van der Waals surface area contributed by atoms with E-state index >= 15 is 0 Å². The second-order valence-electron chi connectivity index (χ2n) is 4.24. The molecule has 1 rings (SSSR count). The summed E-state index contributed by atoms with van der Waals surface area (Å²) in [5.41, 5.74) is 0. The summed E-state index contributed by atoms with van der Waals surface area (Å²) < 4.78 is 35.3. The molecule has 1 saturated carbocycles. The van der Waals surface area contributed by atoms with Gasteiger partial charge in [0.1, 0.15) is 6.54 Å². The Balaban J connectivity index is 0.00000324. The third-order valence-electron chi connectivity index (χ3n) is 2.35. The summed E-state index contributed by atoms with van der Waals surface area (Å²) in [5, 5.41) is 6.80. The number of alkyl halides is 3. The molecule has 0 spiro atoms. The van der Waals surface area contributed by atoms with Gasteiger partial charge in [0, 0.05) is 0 Å². The van der Waals surface area contributed by atoms with Crippen LogP contribution in [0.25, 0.3) is 0 Å². The fraction of sp³-hybridized carbons (Fsp3) is 0.800. The predicted octanol–water partition coefficient (Wildman–Crippen LogP) is 0.202. The van der Waals surface area contributed by atoms with Crippen LogP contribution < -0.4 is 16.0 Å². The number of carbonyl (C=O) groups excluding carboxylic acids is 2. The summed E-state index contributed by atoms with van der Waals surface area (Å²) in [6, 6.07) is 0. The zero-order valence-corrected chi connectivity index (χ0v) is 11.0. The molecular formula is C10H17ClF3N3O2. The number of hydrogen-bond acceptors (Lipinski definition) is 3. The van der Waals surface area contributed by atoms with Gasteiger partial charge in [0.25, 0.3) is 0 Å². The summed E-state index contributed by atoms with van der Waals surface area (Å²) in [5.74, 6) is -0.631. The lowest BCUT2D eigenvalue weighted by Crippen LogP contribution is -2.43. The van der Waals surface area contributed by atoms with Crippen LogP contribution in [0.5, 0.6) is 0 Å². The van der Waals surface area contributed by atoms with E-state index in [9.17, 15) is 22.8 Å². The first-order valence-electron chi connectivity index (χ1n) is 5.67. The maximum absolute atomic E-state index is 11.8. The van der Waals surface area contributed by atoms with Gasteiger partial charge in [-0.05, 0) is 25.3 Å². The fourth-order valence-electron chi connectivity index (χ4n) is 1.21. The molecule has 19 heavy (non-hydrogen) atoms. The number of amides is 2. The summed E-state index contributed by atoms with van der Waals surface area (Å²) in [6.45, 7) is -1.00. The Bertz CT molecular complexity index is 309. The highest BCUT2D eigenvalue weighted by Gasteiger charge is 2.27. The van der Waals surface area contributed by atoms with Crippen molar-refractivity contribution in [3.05, 3.63) is 0 Å². The van der Waals surface area contributed by atoms with Crippen molar-refractivity contribution in [2.75, 3.05) is 26.2 Å². The van der Waals surface area contributed by atoms with Gasteiger partial charge in [-0.1, -0.05) is 0 Å². The zero-order valence-electron chi connectivity index (χ0n) is 10.2. The second-order valence-corrected chi connectivity index (χ2v) is 4.24. The van der Waals surface area contributed by atoms with Gasteiger partial charge < -0.3 is 16.0 Å². The molecule has 1 fully saturated rings. The van der Waals surface area contributed by atoms with Gasteiger partial charge >= 0.3 is 6.18 Å². The van der Waals surface area contributed by atoms with E-state index in [0.29, 0.717) is 5.92 Å². The van der Waals surface area contributed by atoms with Gasteiger partial charge in [-0.2, -0.15) is 13.2 Å². The van der Waals surface area contributed by atoms with E-state index in [-0.39, 0.29) is 19.0 Å². The fourth-order valence-corrected chi connectivity index (χ4v) is 1.21. The van der Waals surface area contributed by atoms with E-state index in [1.54, 1.807) is 5.32 Å². The van der Waals surface area contributed by atoms with Crippen LogP contribution >= 0.6 is 12.4 Å². The van der Waals surface area contributed by atoms with Crippen molar-refractivity contribution >= 4 is 24.2 Å². The molecule has 0 aromatic heterocycles. The first-order valence-corrected chi connectivity index (χ1v) is 5.67.